The van der Waals surface area contributed by atoms with E-state index in [0.29, 0.717) is 11.6 Å². The van der Waals surface area contributed by atoms with E-state index >= 15 is 0 Å². The molecule has 2 nitrogen and oxygen atoms in total. The quantitative estimate of drug-likeness (QED) is 0.728. The first-order valence-corrected chi connectivity index (χ1v) is 6.15. The van der Waals surface area contributed by atoms with Crippen LogP contribution in [0.5, 0.6) is 0 Å². The summed E-state index contributed by atoms with van der Waals surface area (Å²) in [5.74, 6) is 0.987. The molecule has 2 saturated carbocycles. The summed E-state index contributed by atoms with van der Waals surface area (Å²) in [5.41, 5.74) is 6.35. The summed E-state index contributed by atoms with van der Waals surface area (Å²) < 4.78 is 0. The van der Waals surface area contributed by atoms with Crippen molar-refractivity contribution in [3.05, 3.63) is 0 Å². The number of hydrogen-bond donors (Lipinski definition) is 1. The van der Waals surface area contributed by atoms with Gasteiger partial charge in [0.2, 0.25) is 0 Å². The van der Waals surface area contributed by atoms with Crippen molar-refractivity contribution >= 4 is 0 Å². The fourth-order valence-electron chi connectivity index (χ4n) is 2.72. The molecule has 2 fully saturated rings. The largest absolute Gasteiger partial charge is 0.329 e. The Bertz CT molecular complexity index is 187. The van der Waals surface area contributed by atoms with Crippen LogP contribution in [0.2, 0.25) is 0 Å². The number of hydrogen-bond acceptors (Lipinski definition) is 2. The minimum absolute atomic E-state index is 0.386. The monoisotopic (exact) mass is 196 g/mol. The van der Waals surface area contributed by atoms with Crippen LogP contribution in [0, 0.1) is 5.92 Å². The third kappa shape index (κ3) is 1.82. The SMILES string of the molecule is CC(C)N(CC1CC1)C1(CN)CCC1. The lowest BCUT2D eigenvalue weighted by Crippen LogP contribution is -2.61. The second kappa shape index (κ2) is 3.82. The van der Waals surface area contributed by atoms with Crippen molar-refractivity contribution in [2.75, 3.05) is 13.1 Å². The van der Waals surface area contributed by atoms with Crippen LogP contribution in [0.1, 0.15) is 46.0 Å². The van der Waals surface area contributed by atoms with E-state index < -0.39 is 0 Å². The van der Waals surface area contributed by atoms with Crippen molar-refractivity contribution in [1.29, 1.82) is 0 Å². The molecule has 14 heavy (non-hydrogen) atoms. The Kier molecular flexibility index (Phi) is 2.85. The molecule has 2 N–H and O–H groups in total. The average molecular weight is 196 g/mol. The van der Waals surface area contributed by atoms with Gasteiger partial charge in [0, 0.05) is 24.7 Å². The van der Waals surface area contributed by atoms with E-state index in [-0.39, 0.29) is 0 Å². The van der Waals surface area contributed by atoms with Crippen molar-refractivity contribution in [2.24, 2.45) is 11.7 Å². The highest BCUT2D eigenvalue weighted by molar-refractivity contribution is 5.01. The highest BCUT2D eigenvalue weighted by atomic mass is 15.2. The molecule has 0 aliphatic heterocycles. The Balaban J connectivity index is 1.99. The molecular weight excluding hydrogens is 172 g/mol. The zero-order valence-corrected chi connectivity index (χ0v) is 9.63. The van der Waals surface area contributed by atoms with Gasteiger partial charge in [0.25, 0.3) is 0 Å². The molecule has 2 aliphatic rings. The lowest BCUT2D eigenvalue weighted by molar-refractivity contribution is -0.00435. The standard InChI is InChI=1S/C12H24N2/c1-10(2)14(8-11-4-5-11)12(9-13)6-3-7-12/h10-11H,3-9,13H2,1-2H3. The lowest BCUT2D eigenvalue weighted by Gasteiger charge is -2.52. The summed E-state index contributed by atoms with van der Waals surface area (Å²) >= 11 is 0. The first-order valence-electron chi connectivity index (χ1n) is 6.15. The summed E-state index contributed by atoms with van der Waals surface area (Å²) in [6.45, 7) is 6.79. The first kappa shape index (κ1) is 10.4. The van der Waals surface area contributed by atoms with Gasteiger partial charge in [-0.3, -0.25) is 4.90 Å². The summed E-state index contributed by atoms with van der Waals surface area (Å²) in [7, 11) is 0. The van der Waals surface area contributed by atoms with Crippen LogP contribution in [0.25, 0.3) is 0 Å². The maximum atomic E-state index is 5.96. The number of nitrogens with zero attached hydrogens (tertiary/aromatic N) is 1. The number of rotatable bonds is 5. The summed E-state index contributed by atoms with van der Waals surface area (Å²) in [5, 5.41) is 0. The Morgan fingerprint density at radius 3 is 2.29 bits per heavy atom. The molecule has 0 amide bonds. The van der Waals surface area contributed by atoms with E-state index in [2.05, 4.69) is 18.7 Å². The second-order valence-corrected chi connectivity index (χ2v) is 5.47. The van der Waals surface area contributed by atoms with Gasteiger partial charge in [0.15, 0.2) is 0 Å². The van der Waals surface area contributed by atoms with Crippen LogP contribution >= 0.6 is 0 Å². The molecule has 0 aromatic carbocycles. The van der Waals surface area contributed by atoms with Crippen molar-refractivity contribution in [1.82, 2.24) is 4.90 Å². The van der Waals surface area contributed by atoms with Crippen molar-refractivity contribution in [3.63, 3.8) is 0 Å². The molecular formula is C12H24N2. The molecule has 2 rings (SSSR count). The van der Waals surface area contributed by atoms with Crippen LogP contribution in [0.4, 0.5) is 0 Å². The van der Waals surface area contributed by atoms with Gasteiger partial charge < -0.3 is 5.73 Å². The Hall–Kier alpha value is -0.0800. The van der Waals surface area contributed by atoms with Gasteiger partial charge in [0.05, 0.1) is 0 Å². The van der Waals surface area contributed by atoms with Gasteiger partial charge in [-0.25, -0.2) is 0 Å². The summed E-state index contributed by atoms with van der Waals surface area (Å²) in [6.07, 6.45) is 6.93. The molecule has 0 aromatic rings. The smallest absolute Gasteiger partial charge is 0.0334 e. The van der Waals surface area contributed by atoms with E-state index in [1.807, 2.05) is 0 Å². The molecule has 0 aromatic heterocycles. The zero-order valence-electron chi connectivity index (χ0n) is 9.63. The number of nitrogens with two attached hydrogens (primary N) is 1. The molecule has 2 aliphatic carbocycles. The molecule has 0 unspecified atom stereocenters. The molecule has 0 spiro atoms. The van der Waals surface area contributed by atoms with E-state index in [1.54, 1.807) is 0 Å². The van der Waals surface area contributed by atoms with Crippen LogP contribution in [0.3, 0.4) is 0 Å². The molecule has 0 heterocycles. The van der Waals surface area contributed by atoms with Crippen LogP contribution in [0.15, 0.2) is 0 Å². The highest BCUT2D eigenvalue weighted by Crippen LogP contribution is 2.41. The van der Waals surface area contributed by atoms with E-state index in [9.17, 15) is 0 Å². The maximum absolute atomic E-state index is 5.96. The molecule has 2 heteroatoms. The first-order chi connectivity index (χ1) is 6.68. The molecule has 0 saturated heterocycles. The van der Waals surface area contributed by atoms with Crippen LogP contribution in [-0.2, 0) is 0 Å². The van der Waals surface area contributed by atoms with Crippen molar-refractivity contribution < 1.29 is 0 Å². The van der Waals surface area contributed by atoms with Gasteiger partial charge in [-0.05, 0) is 51.9 Å². The van der Waals surface area contributed by atoms with Crippen LogP contribution in [-0.4, -0.2) is 29.6 Å². The molecule has 82 valence electrons. The zero-order chi connectivity index (χ0) is 10.2. The van der Waals surface area contributed by atoms with E-state index in [0.717, 1.165) is 12.5 Å². The normalized spacial score (nSPS) is 25.5. The Morgan fingerprint density at radius 1 is 1.36 bits per heavy atom. The fraction of sp³-hybridized carbons (Fsp3) is 1.00. The predicted molar refractivity (Wildman–Crippen MR) is 60.2 cm³/mol. The van der Waals surface area contributed by atoms with Gasteiger partial charge in [-0.15, -0.1) is 0 Å². The fourth-order valence-corrected chi connectivity index (χ4v) is 2.72. The maximum Gasteiger partial charge on any atom is 0.0334 e. The van der Waals surface area contributed by atoms with E-state index in [4.69, 9.17) is 5.73 Å². The highest BCUT2D eigenvalue weighted by Gasteiger charge is 2.43. The molecule has 0 bridgehead atoms. The van der Waals surface area contributed by atoms with Gasteiger partial charge in [-0.1, -0.05) is 0 Å². The average Bonchev–Trinajstić information content (AvgIpc) is 2.85. The minimum atomic E-state index is 0.386. The van der Waals surface area contributed by atoms with Gasteiger partial charge >= 0.3 is 0 Å². The summed E-state index contributed by atoms with van der Waals surface area (Å²) in [6, 6.07) is 0.666. The van der Waals surface area contributed by atoms with Gasteiger partial charge in [-0.2, -0.15) is 0 Å². The van der Waals surface area contributed by atoms with Gasteiger partial charge in [0.1, 0.15) is 0 Å². The van der Waals surface area contributed by atoms with E-state index in [1.165, 1.54) is 38.6 Å². The lowest BCUT2D eigenvalue weighted by atomic mass is 9.74. The van der Waals surface area contributed by atoms with Crippen molar-refractivity contribution in [3.8, 4) is 0 Å². The van der Waals surface area contributed by atoms with Crippen LogP contribution < -0.4 is 5.73 Å². The third-order valence-electron chi connectivity index (χ3n) is 4.05. The minimum Gasteiger partial charge on any atom is -0.329 e. The second-order valence-electron chi connectivity index (χ2n) is 5.47. The Labute approximate surface area is 87.8 Å². The molecule has 0 radical (unpaired) electrons. The van der Waals surface area contributed by atoms with Crippen molar-refractivity contribution in [2.45, 2.75) is 57.5 Å². The topological polar surface area (TPSA) is 29.3 Å². The Morgan fingerprint density at radius 2 is 2.00 bits per heavy atom. The third-order valence-corrected chi connectivity index (χ3v) is 4.05. The molecule has 0 atom stereocenters. The summed E-state index contributed by atoms with van der Waals surface area (Å²) in [4.78, 5) is 2.69. The predicted octanol–water partition coefficient (Wildman–Crippen LogP) is 1.99.